The first kappa shape index (κ1) is 24.9. The topological polar surface area (TPSA) is 94.1 Å². The van der Waals surface area contributed by atoms with Crippen molar-refractivity contribution in [3.63, 3.8) is 0 Å². The van der Waals surface area contributed by atoms with E-state index in [9.17, 15) is 18.0 Å². The molecule has 5 rings (SSSR count). The van der Waals surface area contributed by atoms with E-state index in [1.807, 2.05) is 46.4 Å². The fraction of sp³-hybridized carbons (Fsp3) is 0.400. The number of carbonyl (C=O) groups is 2. The molecule has 0 radical (unpaired) electrons. The van der Waals surface area contributed by atoms with E-state index in [1.165, 1.54) is 13.8 Å². The number of aromatic nitrogens is 1. The highest BCUT2D eigenvalue weighted by Crippen LogP contribution is 2.29. The van der Waals surface area contributed by atoms with Crippen LogP contribution in [0, 0.1) is 0 Å². The van der Waals surface area contributed by atoms with Crippen LogP contribution in [0.15, 0.2) is 42.5 Å². The highest BCUT2D eigenvalue weighted by atomic mass is 32.2. The smallest absolute Gasteiger partial charge is 0.238 e. The molecule has 2 aliphatic rings. The van der Waals surface area contributed by atoms with Crippen LogP contribution in [0.4, 0.5) is 11.4 Å². The largest absolute Gasteiger partial charge is 0.273 e. The summed E-state index contributed by atoms with van der Waals surface area (Å²) in [5.74, 6) is 1.96. The van der Waals surface area contributed by atoms with Crippen LogP contribution in [0.3, 0.4) is 0 Å². The first-order valence-corrected chi connectivity index (χ1v) is 14.9. The summed E-state index contributed by atoms with van der Waals surface area (Å²) in [5.41, 5.74) is 2.92. The number of rotatable bonds is 4. The van der Waals surface area contributed by atoms with Gasteiger partial charge >= 0.3 is 0 Å². The molecule has 0 unspecified atom stereocenters. The third-order valence-corrected chi connectivity index (χ3v) is 9.09. The van der Waals surface area contributed by atoms with Gasteiger partial charge in [0.25, 0.3) is 0 Å². The molecule has 2 amide bonds. The second-order valence-corrected chi connectivity index (χ2v) is 12.4. The van der Waals surface area contributed by atoms with E-state index in [0.29, 0.717) is 49.2 Å². The fourth-order valence-electron chi connectivity index (χ4n) is 4.81. The highest BCUT2D eigenvalue weighted by molar-refractivity contribution is 7.85. The van der Waals surface area contributed by atoms with Crippen LogP contribution in [-0.4, -0.2) is 84.4 Å². The number of benzene rings is 2. The van der Waals surface area contributed by atoms with Crippen molar-refractivity contribution in [3.8, 4) is 0 Å². The standard InChI is InChI=1S/C25H29N5O4S2/c1-18(31)29(27-7-11-35(33)12-8-27)22-5-3-20-15-21-4-6-23(17-25(21)26-24(20)16-22)30(19(2)32)28-9-13-36(34)14-10-28/h3-6,15-17H,7-14H2,1-2H3. The van der Waals surface area contributed by atoms with Crippen LogP contribution in [0.5, 0.6) is 0 Å². The van der Waals surface area contributed by atoms with E-state index in [0.717, 1.165) is 33.2 Å². The SMILES string of the molecule is CC(=O)N(c1ccc2cc3ccc(N(C(C)=O)N4CCS(=O)CC4)cc3nc2c1)N1CCS(=O)CC1. The Morgan fingerprint density at radius 3 is 1.44 bits per heavy atom. The van der Waals surface area contributed by atoms with Gasteiger partial charge in [-0.25, -0.2) is 25.0 Å². The Labute approximate surface area is 214 Å². The van der Waals surface area contributed by atoms with E-state index >= 15 is 0 Å². The number of anilines is 2. The van der Waals surface area contributed by atoms with Crippen molar-refractivity contribution in [2.45, 2.75) is 13.8 Å². The number of fused-ring (bicyclic) bond motifs is 2. The Kier molecular flexibility index (Phi) is 7.16. The summed E-state index contributed by atoms with van der Waals surface area (Å²) in [6.07, 6.45) is 0. The second-order valence-electron chi connectivity index (χ2n) is 9.01. The molecule has 0 saturated carbocycles. The molecule has 0 aliphatic carbocycles. The van der Waals surface area contributed by atoms with E-state index in [1.54, 1.807) is 10.0 Å². The summed E-state index contributed by atoms with van der Waals surface area (Å²) in [7, 11) is -1.67. The fourth-order valence-corrected chi connectivity index (χ4v) is 6.87. The van der Waals surface area contributed by atoms with E-state index < -0.39 is 21.6 Å². The monoisotopic (exact) mass is 527 g/mol. The molecule has 3 aromatic rings. The summed E-state index contributed by atoms with van der Waals surface area (Å²) in [5, 5.41) is 9.08. The number of hydrogen-bond donors (Lipinski definition) is 0. The number of hydrazine groups is 2. The summed E-state index contributed by atoms with van der Waals surface area (Å²) in [4.78, 5) is 30.0. The Morgan fingerprint density at radius 2 is 1.08 bits per heavy atom. The van der Waals surface area contributed by atoms with Gasteiger partial charge in [0.05, 0.1) is 22.4 Å². The molecule has 2 aromatic carbocycles. The average Bonchev–Trinajstić information content (AvgIpc) is 2.85. The molecule has 190 valence electrons. The van der Waals surface area contributed by atoms with Gasteiger partial charge in [0.2, 0.25) is 11.8 Å². The molecule has 2 fully saturated rings. The van der Waals surface area contributed by atoms with E-state index in [-0.39, 0.29) is 11.8 Å². The van der Waals surface area contributed by atoms with Crippen molar-refractivity contribution in [3.05, 3.63) is 42.5 Å². The lowest BCUT2D eigenvalue weighted by molar-refractivity contribution is -0.120. The van der Waals surface area contributed by atoms with Crippen molar-refractivity contribution >= 4 is 66.6 Å². The number of nitrogens with zero attached hydrogens (tertiary/aromatic N) is 5. The van der Waals surface area contributed by atoms with Gasteiger partial charge in [-0.05, 0) is 30.3 Å². The van der Waals surface area contributed by atoms with Crippen LogP contribution in [-0.2, 0) is 31.2 Å². The predicted octanol–water partition coefficient (Wildman–Crippen LogP) is 2.05. The van der Waals surface area contributed by atoms with Gasteiger partial charge < -0.3 is 0 Å². The van der Waals surface area contributed by atoms with Crippen LogP contribution in [0.1, 0.15) is 13.8 Å². The Morgan fingerprint density at radius 1 is 0.694 bits per heavy atom. The zero-order valence-electron chi connectivity index (χ0n) is 20.4. The molecular weight excluding hydrogens is 498 g/mol. The van der Waals surface area contributed by atoms with Gasteiger partial charge in [0, 0.05) is 95.4 Å². The minimum atomic E-state index is -0.837. The summed E-state index contributed by atoms with van der Waals surface area (Å²) in [6, 6.07) is 13.6. The number of pyridine rings is 1. The molecule has 1 aromatic heterocycles. The maximum atomic E-state index is 12.6. The first-order chi connectivity index (χ1) is 17.3. The summed E-state index contributed by atoms with van der Waals surface area (Å²) >= 11 is 0. The Hall–Kier alpha value is -2.73. The Balaban J connectivity index is 1.51. The van der Waals surface area contributed by atoms with Gasteiger partial charge in [0.15, 0.2) is 0 Å². The maximum Gasteiger partial charge on any atom is 0.238 e. The predicted molar refractivity (Wildman–Crippen MR) is 144 cm³/mol. The lowest BCUT2D eigenvalue weighted by Crippen LogP contribution is -2.51. The van der Waals surface area contributed by atoms with Crippen LogP contribution >= 0.6 is 0 Å². The lowest BCUT2D eigenvalue weighted by atomic mass is 10.1. The molecule has 11 heteroatoms. The normalized spacial score (nSPS) is 18.5. The van der Waals surface area contributed by atoms with Crippen molar-refractivity contribution in [1.29, 1.82) is 0 Å². The molecule has 0 atom stereocenters. The van der Waals surface area contributed by atoms with Gasteiger partial charge in [-0.3, -0.25) is 18.0 Å². The van der Waals surface area contributed by atoms with Gasteiger partial charge in [-0.2, -0.15) is 0 Å². The number of carbonyl (C=O) groups excluding carboxylic acids is 2. The highest BCUT2D eigenvalue weighted by Gasteiger charge is 2.26. The second kappa shape index (κ2) is 10.3. The molecule has 2 saturated heterocycles. The molecule has 36 heavy (non-hydrogen) atoms. The quantitative estimate of drug-likeness (QED) is 0.480. The molecule has 0 N–H and O–H groups in total. The summed E-state index contributed by atoms with van der Waals surface area (Å²) in [6.45, 7) is 5.30. The van der Waals surface area contributed by atoms with Crippen molar-refractivity contribution < 1.29 is 18.0 Å². The molecule has 3 heterocycles. The van der Waals surface area contributed by atoms with Crippen LogP contribution in [0.25, 0.3) is 21.8 Å². The zero-order chi connectivity index (χ0) is 25.4. The van der Waals surface area contributed by atoms with Gasteiger partial charge in [-0.1, -0.05) is 12.1 Å². The summed E-state index contributed by atoms with van der Waals surface area (Å²) < 4.78 is 23.6. The molecular formula is C25H29N5O4S2. The third-order valence-electron chi connectivity index (χ3n) is 6.54. The van der Waals surface area contributed by atoms with Crippen molar-refractivity contribution in [2.24, 2.45) is 0 Å². The minimum Gasteiger partial charge on any atom is -0.273 e. The Bertz CT molecular complexity index is 1280. The number of amides is 2. The average molecular weight is 528 g/mol. The minimum absolute atomic E-state index is 0.107. The molecule has 0 spiro atoms. The molecule has 9 nitrogen and oxygen atoms in total. The number of hydrogen-bond acceptors (Lipinski definition) is 7. The van der Waals surface area contributed by atoms with Crippen LogP contribution < -0.4 is 10.0 Å². The molecule has 0 bridgehead atoms. The van der Waals surface area contributed by atoms with Gasteiger partial charge in [0.1, 0.15) is 0 Å². The third kappa shape index (κ3) is 5.06. The zero-order valence-corrected chi connectivity index (χ0v) is 22.0. The van der Waals surface area contributed by atoms with E-state index in [2.05, 4.69) is 6.07 Å². The van der Waals surface area contributed by atoms with Crippen LogP contribution in [0.2, 0.25) is 0 Å². The van der Waals surface area contributed by atoms with E-state index in [4.69, 9.17) is 4.98 Å². The van der Waals surface area contributed by atoms with Crippen molar-refractivity contribution in [2.75, 3.05) is 59.2 Å². The maximum absolute atomic E-state index is 12.6. The first-order valence-electron chi connectivity index (χ1n) is 12.0. The van der Waals surface area contributed by atoms with Gasteiger partial charge in [-0.15, -0.1) is 0 Å². The molecule has 2 aliphatic heterocycles. The van der Waals surface area contributed by atoms with Crippen molar-refractivity contribution in [1.82, 2.24) is 15.0 Å². The lowest BCUT2D eigenvalue weighted by Gasteiger charge is -2.36.